The SMILES string of the molecule is Cc1ccc([C@@H](C)C(=O)N2CCC3(CCN(C(=O)Nc4ccc(C(F)(F)F)cc4)C3)CC2)cc1. The molecule has 0 aliphatic carbocycles. The molecule has 34 heavy (non-hydrogen) atoms. The van der Waals surface area contributed by atoms with Gasteiger partial charge < -0.3 is 15.1 Å². The number of halogens is 3. The monoisotopic (exact) mass is 473 g/mol. The molecular formula is C26H30F3N3O2. The fourth-order valence-electron chi connectivity index (χ4n) is 4.93. The highest BCUT2D eigenvalue weighted by atomic mass is 19.4. The number of nitrogens with zero attached hydrogens (tertiary/aromatic N) is 2. The first-order valence-electron chi connectivity index (χ1n) is 11.6. The van der Waals surface area contributed by atoms with Crippen LogP contribution in [0.5, 0.6) is 0 Å². The molecule has 182 valence electrons. The Morgan fingerprint density at radius 2 is 1.47 bits per heavy atom. The Morgan fingerprint density at radius 1 is 0.912 bits per heavy atom. The fraction of sp³-hybridized carbons (Fsp3) is 0.462. The first kappa shape index (κ1) is 24.1. The molecule has 0 aromatic heterocycles. The predicted molar refractivity (Wildman–Crippen MR) is 124 cm³/mol. The van der Waals surface area contributed by atoms with E-state index in [-0.39, 0.29) is 23.3 Å². The topological polar surface area (TPSA) is 52.7 Å². The second-order valence-electron chi connectivity index (χ2n) is 9.63. The predicted octanol–water partition coefficient (Wildman–Crippen LogP) is 5.66. The van der Waals surface area contributed by atoms with Crippen molar-refractivity contribution < 1.29 is 22.8 Å². The van der Waals surface area contributed by atoms with E-state index in [1.54, 1.807) is 4.90 Å². The van der Waals surface area contributed by atoms with E-state index in [1.807, 2.05) is 43.0 Å². The van der Waals surface area contributed by atoms with E-state index in [0.29, 0.717) is 31.9 Å². The largest absolute Gasteiger partial charge is 0.416 e. The van der Waals surface area contributed by atoms with Crippen LogP contribution in [0.3, 0.4) is 0 Å². The zero-order chi connectivity index (χ0) is 24.5. The van der Waals surface area contributed by atoms with Gasteiger partial charge in [-0.2, -0.15) is 13.2 Å². The average Bonchev–Trinajstić information content (AvgIpc) is 3.22. The summed E-state index contributed by atoms with van der Waals surface area (Å²) >= 11 is 0. The van der Waals surface area contributed by atoms with Crippen LogP contribution in [0.1, 0.15) is 48.8 Å². The van der Waals surface area contributed by atoms with E-state index in [2.05, 4.69) is 5.32 Å². The number of hydrogen-bond donors (Lipinski definition) is 1. The highest BCUT2D eigenvalue weighted by Crippen LogP contribution is 2.41. The summed E-state index contributed by atoms with van der Waals surface area (Å²) in [6, 6.07) is 12.2. The van der Waals surface area contributed by atoms with E-state index >= 15 is 0 Å². The molecule has 0 unspecified atom stereocenters. The maximum Gasteiger partial charge on any atom is 0.416 e. The summed E-state index contributed by atoms with van der Waals surface area (Å²) in [5.41, 5.74) is 1.76. The number of aryl methyl sites for hydroxylation is 1. The number of carbonyl (C=O) groups is 2. The van der Waals surface area contributed by atoms with Gasteiger partial charge in [-0.1, -0.05) is 29.8 Å². The zero-order valence-electron chi connectivity index (χ0n) is 19.5. The van der Waals surface area contributed by atoms with Gasteiger partial charge >= 0.3 is 12.2 Å². The molecule has 0 bridgehead atoms. The zero-order valence-corrected chi connectivity index (χ0v) is 19.5. The number of urea groups is 1. The van der Waals surface area contributed by atoms with Crippen LogP contribution in [0.15, 0.2) is 48.5 Å². The Balaban J connectivity index is 1.30. The third kappa shape index (κ3) is 5.21. The van der Waals surface area contributed by atoms with Gasteiger partial charge in [0.1, 0.15) is 0 Å². The lowest BCUT2D eigenvalue weighted by atomic mass is 9.77. The van der Waals surface area contributed by atoms with Crippen molar-refractivity contribution in [1.82, 2.24) is 9.80 Å². The highest BCUT2D eigenvalue weighted by Gasteiger charge is 2.43. The molecule has 2 aromatic rings. The lowest BCUT2D eigenvalue weighted by molar-refractivity contribution is -0.137. The normalized spacial score (nSPS) is 18.7. The molecule has 4 rings (SSSR count). The fourth-order valence-corrected chi connectivity index (χ4v) is 4.93. The van der Waals surface area contributed by atoms with Gasteiger partial charge in [0.25, 0.3) is 0 Å². The molecule has 1 atom stereocenters. The van der Waals surface area contributed by atoms with Crippen LogP contribution in [0, 0.1) is 12.3 Å². The van der Waals surface area contributed by atoms with Crippen molar-refractivity contribution in [3.8, 4) is 0 Å². The molecule has 2 heterocycles. The number of benzene rings is 2. The number of anilines is 1. The molecule has 3 amide bonds. The average molecular weight is 474 g/mol. The minimum Gasteiger partial charge on any atom is -0.342 e. The quantitative estimate of drug-likeness (QED) is 0.625. The Hall–Kier alpha value is -3.03. The Bertz CT molecular complexity index is 1030. The van der Waals surface area contributed by atoms with Crippen molar-refractivity contribution >= 4 is 17.6 Å². The Kier molecular flexibility index (Phi) is 6.60. The summed E-state index contributed by atoms with van der Waals surface area (Å²) < 4.78 is 38.2. The van der Waals surface area contributed by atoms with Crippen LogP contribution in [0.2, 0.25) is 0 Å². The molecule has 5 nitrogen and oxygen atoms in total. The van der Waals surface area contributed by atoms with Crippen molar-refractivity contribution in [2.24, 2.45) is 5.41 Å². The number of likely N-dealkylation sites (tertiary alicyclic amines) is 2. The summed E-state index contributed by atoms with van der Waals surface area (Å²) in [6.07, 6.45) is -1.87. The third-order valence-corrected chi connectivity index (χ3v) is 7.27. The van der Waals surface area contributed by atoms with Crippen LogP contribution < -0.4 is 5.32 Å². The van der Waals surface area contributed by atoms with E-state index < -0.39 is 11.7 Å². The molecule has 2 aliphatic heterocycles. The van der Waals surface area contributed by atoms with Gasteiger partial charge in [-0.25, -0.2) is 4.79 Å². The number of rotatable bonds is 3. The molecule has 1 spiro atoms. The summed E-state index contributed by atoms with van der Waals surface area (Å²) in [7, 11) is 0. The molecule has 0 radical (unpaired) electrons. The van der Waals surface area contributed by atoms with Gasteiger partial charge in [0.05, 0.1) is 11.5 Å². The van der Waals surface area contributed by atoms with Gasteiger partial charge in [-0.15, -0.1) is 0 Å². The number of nitrogens with one attached hydrogen (secondary N) is 1. The van der Waals surface area contributed by atoms with Crippen molar-refractivity contribution in [3.05, 3.63) is 65.2 Å². The highest BCUT2D eigenvalue weighted by molar-refractivity contribution is 5.89. The van der Waals surface area contributed by atoms with Crippen molar-refractivity contribution in [3.63, 3.8) is 0 Å². The molecule has 2 fully saturated rings. The van der Waals surface area contributed by atoms with E-state index in [4.69, 9.17) is 0 Å². The van der Waals surface area contributed by atoms with E-state index in [1.165, 1.54) is 12.1 Å². The van der Waals surface area contributed by atoms with Crippen molar-refractivity contribution in [1.29, 1.82) is 0 Å². The molecule has 8 heteroatoms. The third-order valence-electron chi connectivity index (χ3n) is 7.27. The molecular weight excluding hydrogens is 443 g/mol. The minimum absolute atomic E-state index is 0.0125. The Morgan fingerprint density at radius 3 is 2.03 bits per heavy atom. The lowest BCUT2D eigenvalue weighted by Gasteiger charge is -2.40. The van der Waals surface area contributed by atoms with Gasteiger partial charge in [-0.3, -0.25) is 4.79 Å². The maximum absolute atomic E-state index is 13.0. The molecule has 1 N–H and O–H groups in total. The van der Waals surface area contributed by atoms with Gasteiger partial charge in [0, 0.05) is 31.9 Å². The van der Waals surface area contributed by atoms with Crippen LogP contribution in [0.4, 0.5) is 23.7 Å². The van der Waals surface area contributed by atoms with E-state index in [9.17, 15) is 22.8 Å². The molecule has 2 aliphatic rings. The van der Waals surface area contributed by atoms with E-state index in [0.717, 1.165) is 42.5 Å². The van der Waals surface area contributed by atoms with Crippen molar-refractivity contribution in [2.45, 2.75) is 45.2 Å². The summed E-state index contributed by atoms with van der Waals surface area (Å²) in [5, 5.41) is 2.70. The first-order chi connectivity index (χ1) is 16.1. The van der Waals surface area contributed by atoms with Crippen LogP contribution in [-0.4, -0.2) is 47.9 Å². The number of carbonyl (C=O) groups excluding carboxylic acids is 2. The molecule has 2 saturated heterocycles. The van der Waals surface area contributed by atoms with Crippen LogP contribution in [-0.2, 0) is 11.0 Å². The lowest BCUT2D eigenvalue weighted by Crippen LogP contribution is -2.46. The van der Waals surface area contributed by atoms with Crippen molar-refractivity contribution in [2.75, 3.05) is 31.5 Å². The maximum atomic E-state index is 13.0. The second kappa shape index (κ2) is 9.31. The minimum atomic E-state index is -4.40. The summed E-state index contributed by atoms with van der Waals surface area (Å²) in [4.78, 5) is 29.4. The van der Waals surface area contributed by atoms with Crippen LogP contribution in [0.25, 0.3) is 0 Å². The second-order valence-corrected chi connectivity index (χ2v) is 9.63. The standard InChI is InChI=1S/C26H30F3N3O2/c1-18-3-5-20(6-4-18)19(2)23(33)31-14-11-25(12-15-31)13-16-32(17-25)24(34)30-22-9-7-21(8-10-22)26(27,28)29/h3-10,19H,11-17H2,1-2H3,(H,30,34)/t19-/m1/s1. The van der Waals surface area contributed by atoms with Crippen LogP contribution >= 0.6 is 0 Å². The molecule has 0 saturated carbocycles. The summed E-state index contributed by atoms with van der Waals surface area (Å²) in [5.74, 6) is -0.0576. The van der Waals surface area contributed by atoms with Gasteiger partial charge in [0.2, 0.25) is 5.91 Å². The number of hydrogen-bond acceptors (Lipinski definition) is 2. The Labute approximate surface area is 197 Å². The van der Waals surface area contributed by atoms with Gasteiger partial charge in [0.15, 0.2) is 0 Å². The number of piperidine rings is 1. The number of alkyl halides is 3. The smallest absolute Gasteiger partial charge is 0.342 e. The first-order valence-corrected chi connectivity index (χ1v) is 11.6. The van der Waals surface area contributed by atoms with Gasteiger partial charge in [-0.05, 0) is 68.4 Å². The molecule has 2 aromatic carbocycles. The summed E-state index contributed by atoms with van der Waals surface area (Å²) in [6.45, 7) is 6.50. The number of amides is 3.